The number of aromatic nitrogens is 2. The van der Waals surface area contributed by atoms with Crippen molar-refractivity contribution in [3.63, 3.8) is 0 Å². The van der Waals surface area contributed by atoms with Crippen LogP contribution in [0.15, 0.2) is 53.3 Å². The molecule has 0 saturated carbocycles. The SMILES string of the molecule is CCc1ccc(NC(=O)CCn2c(=O)c(C)nc3ccccc32)cc1. The molecule has 0 spiro atoms. The van der Waals surface area contributed by atoms with Gasteiger partial charge < -0.3 is 9.88 Å². The Hall–Kier alpha value is -2.95. The average Bonchev–Trinajstić information content (AvgIpc) is 2.63. The van der Waals surface area contributed by atoms with Crippen LogP contribution in [0, 0.1) is 6.92 Å². The van der Waals surface area contributed by atoms with Crippen LogP contribution < -0.4 is 10.9 Å². The molecule has 0 atom stereocenters. The average molecular weight is 335 g/mol. The minimum atomic E-state index is -0.154. The molecular formula is C20H21N3O2. The van der Waals surface area contributed by atoms with Gasteiger partial charge in [-0.1, -0.05) is 31.2 Å². The molecule has 5 nitrogen and oxygen atoms in total. The Morgan fingerprint density at radius 1 is 1.12 bits per heavy atom. The molecule has 0 aliphatic carbocycles. The van der Waals surface area contributed by atoms with Gasteiger partial charge in [-0.25, -0.2) is 4.98 Å². The molecule has 0 saturated heterocycles. The van der Waals surface area contributed by atoms with E-state index in [1.165, 1.54) is 5.56 Å². The van der Waals surface area contributed by atoms with Crippen LogP contribution in [0.3, 0.4) is 0 Å². The zero-order valence-electron chi connectivity index (χ0n) is 14.5. The van der Waals surface area contributed by atoms with E-state index in [4.69, 9.17) is 0 Å². The third kappa shape index (κ3) is 3.76. The highest BCUT2D eigenvalue weighted by atomic mass is 16.2. The second-order valence-electron chi connectivity index (χ2n) is 5.99. The number of aryl methyl sites for hydroxylation is 3. The minimum absolute atomic E-state index is 0.116. The number of hydrogen-bond donors (Lipinski definition) is 1. The number of anilines is 1. The van der Waals surface area contributed by atoms with E-state index in [-0.39, 0.29) is 17.9 Å². The molecule has 128 valence electrons. The standard InChI is InChI=1S/C20H21N3O2/c1-3-15-8-10-16(11-9-15)22-19(24)12-13-23-18-7-5-4-6-17(18)21-14(2)20(23)25/h4-11H,3,12-13H2,1-2H3,(H,22,24). The number of nitrogens with zero attached hydrogens (tertiary/aromatic N) is 2. The zero-order chi connectivity index (χ0) is 17.8. The molecule has 5 heteroatoms. The van der Waals surface area contributed by atoms with Crippen LogP contribution in [0.1, 0.15) is 24.6 Å². The number of hydrogen-bond acceptors (Lipinski definition) is 3. The van der Waals surface area contributed by atoms with Crippen molar-refractivity contribution >= 4 is 22.6 Å². The van der Waals surface area contributed by atoms with Gasteiger partial charge in [0.2, 0.25) is 5.91 Å². The first kappa shape index (κ1) is 16.9. The van der Waals surface area contributed by atoms with Crippen molar-refractivity contribution in [1.29, 1.82) is 0 Å². The molecule has 1 N–H and O–H groups in total. The summed E-state index contributed by atoms with van der Waals surface area (Å²) in [7, 11) is 0. The molecule has 0 aliphatic heterocycles. The number of para-hydroxylation sites is 2. The lowest BCUT2D eigenvalue weighted by atomic mass is 10.1. The van der Waals surface area contributed by atoms with Crippen LogP contribution in [0.5, 0.6) is 0 Å². The smallest absolute Gasteiger partial charge is 0.272 e. The van der Waals surface area contributed by atoms with Gasteiger partial charge in [0, 0.05) is 18.7 Å². The normalized spacial score (nSPS) is 10.8. The Labute approximate surface area is 146 Å². The highest BCUT2D eigenvalue weighted by Crippen LogP contribution is 2.12. The number of carbonyl (C=O) groups is 1. The van der Waals surface area contributed by atoms with E-state index in [1.54, 1.807) is 11.5 Å². The maximum atomic E-state index is 12.4. The van der Waals surface area contributed by atoms with Crippen molar-refractivity contribution in [2.75, 3.05) is 5.32 Å². The van der Waals surface area contributed by atoms with Crippen molar-refractivity contribution in [2.24, 2.45) is 0 Å². The van der Waals surface area contributed by atoms with Gasteiger partial charge >= 0.3 is 0 Å². The lowest BCUT2D eigenvalue weighted by Crippen LogP contribution is -2.26. The van der Waals surface area contributed by atoms with Crippen molar-refractivity contribution < 1.29 is 4.79 Å². The number of rotatable bonds is 5. The highest BCUT2D eigenvalue weighted by Gasteiger charge is 2.10. The Balaban J connectivity index is 1.74. The lowest BCUT2D eigenvalue weighted by Gasteiger charge is -2.11. The summed E-state index contributed by atoms with van der Waals surface area (Å²) < 4.78 is 1.62. The van der Waals surface area contributed by atoms with Crippen molar-refractivity contribution in [3.8, 4) is 0 Å². The fraction of sp³-hybridized carbons (Fsp3) is 0.250. The van der Waals surface area contributed by atoms with Crippen molar-refractivity contribution in [2.45, 2.75) is 33.2 Å². The van der Waals surface area contributed by atoms with Gasteiger partial charge in [0.25, 0.3) is 5.56 Å². The third-order valence-electron chi connectivity index (χ3n) is 4.22. The summed E-state index contributed by atoms with van der Waals surface area (Å²) >= 11 is 0. The van der Waals surface area contributed by atoms with E-state index >= 15 is 0 Å². The molecule has 1 heterocycles. The predicted octanol–water partition coefficient (Wildman–Crippen LogP) is 3.30. The van der Waals surface area contributed by atoms with E-state index < -0.39 is 0 Å². The Morgan fingerprint density at radius 3 is 2.56 bits per heavy atom. The van der Waals surface area contributed by atoms with Crippen LogP contribution in [0.25, 0.3) is 11.0 Å². The van der Waals surface area contributed by atoms with E-state index in [2.05, 4.69) is 17.2 Å². The fourth-order valence-electron chi connectivity index (χ4n) is 2.80. The van der Waals surface area contributed by atoms with Crippen molar-refractivity contribution in [1.82, 2.24) is 9.55 Å². The number of carbonyl (C=O) groups excluding carboxylic acids is 1. The van der Waals surface area contributed by atoms with Gasteiger partial charge in [-0.05, 0) is 43.2 Å². The van der Waals surface area contributed by atoms with E-state index in [0.29, 0.717) is 12.2 Å². The van der Waals surface area contributed by atoms with Crippen LogP contribution in [0.2, 0.25) is 0 Å². The highest BCUT2D eigenvalue weighted by molar-refractivity contribution is 5.90. The Kier molecular flexibility index (Phi) is 4.93. The van der Waals surface area contributed by atoms with Gasteiger partial charge in [-0.3, -0.25) is 9.59 Å². The molecule has 0 radical (unpaired) electrons. The number of fused-ring (bicyclic) bond motifs is 1. The fourth-order valence-corrected chi connectivity index (χ4v) is 2.80. The summed E-state index contributed by atoms with van der Waals surface area (Å²) in [6, 6.07) is 15.3. The molecule has 25 heavy (non-hydrogen) atoms. The number of nitrogens with one attached hydrogen (secondary N) is 1. The summed E-state index contributed by atoms with van der Waals surface area (Å²) in [6.45, 7) is 4.11. The van der Waals surface area contributed by atoms with Crippen LogP contribution in [0.4, 0.5) is 5.69 Å². The van der Waals surface area contributed by atoms with E-state index in [0.717, 1.165) is 23.1 Å². The molecule has 1 amide bonds. The maximum absolute atomic E-state index is 12.4. The predicted molar refractivity (Wildman–Crippen MR) is 99.8 cm³/mol. The van der Waals surface area contributed by atoms with Crippen LogP contribution in [-0.4, -0.2) is 15.5 Å². The molecule has 0 aliphatic rings. The molecule has 0 fully saturated rings. The second-order valence-corrected chi connectivity index (χ2v) is 5.99. The van der Waals surface area contributed by atoms with Crippen molar-refractivity contribution in [3.05, 3.63) is 70.1 Å². The van der Waals surface area contributed by atoms with Gasteiger partial charge in [0.05, 0.1) is 11.0 Å². The van der Waals surface area contributed by atoms with E-state index in [1.807, 2.05) is 48.5 Å². The summed E-state index contributed by atoms with van der Waals surface area (Å²) in [4.78, 5) is 28.9. The molecular weight excluding hydrogens is 314 g/mol. The maximum Gasteiger partial charge on any atom is 0.272 e. The van der Waals surface area contributed by atoms with Gasteiger partial charge in [-0.2, -0.15) is 0 Å². The summed E-state index contributed by atoms with van der Waals surface area (Å²) in [5, 5.41) is 2.88. The van der Waals surface area contributed by atoms with E-state index in [9.17, 15) is 9.59 Å². The molecule has 1 aromatic heterocycles. The minimum Gasteiger partial charge on any atom is -0.326 e. The third-order valence-corrected chi connectivity index (χ3v) is 4.22. The van der Waals surface area contributed by atoms with Gasteiger partial charge in [0.1, 0.15) is 5.69 Å². The first-order valence-corrected chi connectivity index (χ1v) is 8.43. The second kappa shape index (κ2) is 7.30. The van der Waals surface area contributed by atoms with Gasteiger partial charge in [-0.15, -0.1) is 0 Å². The zero-order valence-corrected chi connectivity index (χ0v) is 14.5. The molecule has 3 aromatic rings. The molecule has 0 unspecified atom stereocenters. The lowest BCUT2D eigenvalue weighted by molar-refractivity contribution is -0.116. The summed E-state index contributed by atoms with van der Waals surface area (Å²) in [5.41, 5.74) is 3.79. The molecule has 3 rings (SSSR count). The number of amides is 1. The van der Waals surface area contributed by atoms with Crippen LogP contribution >= 0.6 is 0 Å². The van der Waals surface area contributed by atoms with Gasteiger partial charge in [0.15, 0.2) is 0 Å². The first-order chi connectivity index (χ1) is 12.1. The largest absolute Gasteiger partial charge is 0.326 e. The summed E-state index contributed by atoms with van der Waals surface area (Å²) in [5.74, 6) is -0.116. The molecule has 2 aromatic carbocycles. The number of benzene rings is 2. The summed E-state index contributed by atoms with van der Waals surface area (Å²) in [6.07, 6.45) is 1.19. The Bertz CT molecular complexity index is 959. The molecule has 0 bridgehead atoms. The Morgan fingerprint density at radius 2 is 1.84 bits per heavy atom. The van der Waals surface area contributed by atoms with Crippen LogP contribution in [-0.2, 0) is 17.8 Å². The first-order valence-electron chi connectivity index (χ1n) is 8.43. The topological polar surface area (TPSA) is 64.0 Å². The quantitative estimate of drug-likeness (QED) is 0.778. The monoisotopic (exact) mass is 335 g/mol.